The van der Waals surface area contributed by atoms with Crippen LogP contribution < -0.4 is 4.90 Å². The number of hydrogen-bond acceptors (Lipinski definition) is 4. The average Bonchev–Trinajstić information content (AvgIpc) is 2.36. The van der Waals surface area contributed by atoms with Crippen molar-refractivity contribution in [2.24, 2.45) is 0 Å². The Kier molecular flexibility index (Phi) is 4.04. The Morgan fingerprint density at radius 3 is 2.25 bits per heavy atom. The summed E-state index contributed by atoms with van der Waals surface area (Å²) in [6, 6.07) is 7.32. The van der Waals surface area contributed by atoms with Gasteiger partial charge in [-0.3, -0.25) is 4.79 Å². The molecule has 1 amide bonds. The monoisotopic (exact) mass is 296 g/mol. The second-order valence-electron chi connectivity index (χ2n) is 5.22. The molecule has 0 aromatic heterocycles. The second-order valence-corrected chi connectivity index (χ2v) is 7.79. The van der Waals surface area contributed by atoms with E-state index in [1.165, 1.54) is 0 Å². The van der Waals surface area contributed by atoms with E-state index in [2.05, 4.69) is 0 Å². The number of anilines is 1. The Balaban J connectivity index is 2.01. The van der Waals surface area contributed by atoms with Crippen LogP contribution in [0.2, 0.25) is 0 Å². The van der Waals surface area contributed by atoms with Gasteiger partial charge in [0.25, 0.3) is 5.91 Å². The summed E-state index contributed by atoms with van der Waals surface area (Å²) in [5.41, 5.74) is 1.62. The summed E-state index contributed by atoms with van der Waals surface area (Å²) in [6.45, 7) is 2.26. The molecule has 0 bridgehead atoms. The van der Waals surface area contributed by atoms with E-state index in [9.17, 15) is 13.2 Å². The lowest BCUT2D eigenvalue weighted by Gasteiger charge is -2.38. The summed E-state index contributed by atoms with van der Waals surface area (Å²) in [6.07, 6.45) is 0. The number of carbonyl (C=O) groups is 1. The van der Waals surface area contributed by atoms with Gasteiger partial charge in [-0.2, -0.15) is 0 Å². The Labute approximate surface area is 120 Å². The number of nitrogens with zero attached hydrogens (tertiary/aromatic N) is 2. The van der Waals surface area contributed by atoms with Crippen LogP contribution in [0.1, 0.15) is 17.3 Å². The highest BCUT2D eigenvalue weighted by Gasteiger charge is 2.38. The van der Waals surface area contributed by atoms with Gasteiger partial charge in [0.15, 0.2) is 9.84 Å². The van der Waals surface area contributed by atoms with Crippen LogP contribution in [-0.4, -0.2) is 57.4 Å². The minimum absolute atomic E-state index is 0.0992. The molecule has 5 nitrogen and oxygen atoms in total. The van der Waals surface area contributed by atoms with Gasteiger partial charge in [-0.15, -0.1) is 0 Å². The zero-order valence-electron chi connectivity index (χ0n) is 12.0. The van der Waals surface area contributed by atoms with Gasteiger partial charge in [-0.25, -0.2) is 8.42 Å². The van der Waals surface area contributed by atoms with Crippen molar-refractivity contribution >= 4 is 21.4 Å². The third-order valence-electron chi connectivity index (χ3n) is 3.68. The van der Waals surface area contributed by atoms with Crippen LogP contribution in [0.25, 0.3) is 0 Å². The highest BCUT2D eigenvalue weighted by Crippen LogP contribution is 2.21. The minimum Gasteiger partial charge on any atom is -0.378 e. The molecule has 1 aliphatic heterocycles. The molecule has 0 aliphatic carbocycles. The molecule has 1 aliphatic rings. The van der Waals surface area contributed by atoms with Crippen LogP contribution >= 0.6 is 0 Å². The first-order valence-corrected chi connectivity index (χ1v) is 8.35. The van der Waals surface area contributed by atoms with Crippen LogP contribution in [0.15, 0.2) is 24.3 Å². The number of likely N-dealkylation sites (tertiary alicyclic amines) is 1. The first kappa shape index (κ1) is 14.8. The Hall–Kier alpha value is -1.56. The summed E-state index contributed by atoms with van der Waals surface area (Å²) < 4.78 is 23.3. The van der Waals surface area contributed by atoms with Gasteiger partial charge >= 0.3 is 0 Å². The maximum Gasteiger partial charge on any atom is 0.253 e. The molecule has 0 N–H and O–H groups in total. The summed E-state index contributed by atoms with van der Waals surface area (Å²) >= 11 is 0. The van der Waals surface area contributed by atoms with Crippen LogP contribution in [0.5, 0.6) is 0 Å². The van der Waals surface area contributed by atoms with E-state index in [1.54, 1.807) is 24.0 Å². The molecule has 1 aromatic rings. The first-order valence-electron chi connectivity index (χ1n) is 6.63. The molecule has 1 aromatic carbocycles. The van der Waals surface area contributed by atoms with E-state index < -0.39 is 15.1 Å². The van der Waals surface area contributed by atoms with E-state index in [1.807, 2.05) is 31.1 Å². The highest BCUT2D eigenvalue weighted by atomic mass is 32.2. The van der Waals surface area contributed by atoms with Crippen molar-refractivity contribution in [1.82, 2.24) is 4.90 Å². The van der Waals surface area contributed by atoms with Gasteiger partial charge in [0.2, 0.25) is 0 Å². The van der Waals surface area contributed by atoms with Gasteiger partial charge in [0.1, 0.15) is 0 Å². The fourth-order valence-electron chi connectivity index (χ4n) is 2.15. The van der Waals surface area contributed by atoms with Crippen LogP contribution in [-0.2, 0) is 9.84 Å². The molecule has 0 saturated carbocycles. The molecule has 0 unspecified atom stereocenters. The SMILES string of the molecule is CCS(=O)(=O)C1CN(C(=O)c2ccc(N(C)C)cc2)C1. The topological polar surface area (TPSA) is 57.7 Å². The largest absolute Gasteiger partial charge is 0.378 e. The van der Waals surface area contributed by atoms with Crippen molar-refractivity contribution in [3.8, 4) is 0 Å². The number of benzene rings is 1. The molecule has 1 fully saturated rings. The number of sulfone groups is 1. The highest BCUT2D eigenvalue weighted by molar-refractivity contribution is 7.92. The third-order valence-corrected chi connectivity index (χ3v) is 5.79. The zero-order chi connectivity index (χ0) is 14.9. The van der Waals surface area contributed by atoms with Crippen molar-refractivity contribution in [2.45, 2.75) is 12.2 Å². The quantitative estimate of drug-likeness (QED) is 0.832. The smallest absolute Gasteiger partial charge is 0.253 e. The lowest BCUT2D eigenvalue weighted by Crippen LogP contribution is -2.57. The summed E-state index contributed by atoms with van der Waals surface area (Å²) in [7, 11) is 0.845. The molecule has 0 radical (unpaired) electrons. The average molecular weight is 296 g/mol. The van der Waals surface area contributed by atoms with E-state index in [4.69, 9.17) is 0 Å². The van der Waals surface area contributed by atoms with Crippen molar-refractivity contribution in [3.63, 3.8) is 0 Å². The maximum absolute atomic E-state index is 12.2. The van der Waals surface area contributed by atoms with Crippen molar-refractivity contribution in [1.29, 1.82) is 0 Å². The number of carbonyl (C=O) groups excluding carboxylic acids is 1. The molecule has 6 heteroatoms. The first-order chi connectivity index (χ1) is 9.35. The molecule has 20 heavy (non-hydrogen) atoms. The summed E-state index contributed by atoms with van der Waals surface area (Å²) in [5, 5.41) is -0.391. The molecule has 110 valence electrons. The fraction of sp³-hybridized carbons (Fsp3) is 0.500. The van der Waals surface area contributed by atoms with E-state index >= 15 is 0 Å². The molecular formula is C14H20N2O3S. The van der Waals surface area contributed by atoms with Gasteiger partial charge in [0.05, 0.1) is 5.25 Å². The number of amides is 1. The standard InChI is InChI=1S/C14H20N2O3S/c1-4-20(18,19)13-9-16(10-13)14(17)11-5-7-12(8-6-11)15(2)3/h5-8,13H,4,9-10H2,1-3H3. The summed E-state index contributed by atoms with van der Waals surface area (Å²) in [5.74, 6) is 0.0369. The van der Waals surface area contributed by atoms with Gasteiger partial charge < -0.3 is 9.80 Å². The molecule has 2 rings (SSSR count). The van der Waals surface area contributed by atoms with Gasteiger partial charge in [0, 0.05) is 44.2 Å². The predicted octanol–water partition coefficient (Wildman–Crippen LogP) is 1.01. The predicted molar refractivity (Wildman–Crippen MR) is 79.9 cm³/mol. The van der Waals surface area contributed by atoms with Crippen molar-refractivity contribution in [3.05, 3.63) is 29.8 Å². The normalized spacial score (nSPS) is 15.8. The fourth-order valence-corrected chi connectivity index (χ4v) is 3.44. The van der Waals surface area contributed by atoms with Crippen LogP contribution in [0.4, 0.5) is 5.69 Å². The molecule has 0 atom stereocenters. The number of rotatable bonds is 4. The van der Waals surface area contributed by atoms with Crippen LogP contribution in [0.3, 0.4) is 0 Å². The maximum atomic E-state index is 12.2. The molecule has 1 heterocycles. The minimum atomic E-state index is -3.03. The summed E-state index contributed by atoms with van der Waals surface area (Å²) in [4.78, 5) is 15.7. The van der Waals surface area contributed by atoms with Crippen molar-refractivity contribution in [2.75, 3.05) is 37.8 Å². The van der Waals surface area contributed by atoms with Crippen molar-refractivity contribution < 1.29 is 13.2 Å². The van der Waals surface area contributed by atoms with E-state index in [0.717, 1.165) is 5.69 Å². The van der Waals surface area contributed by atoms with Gasteiger partial charge in [-0.1, -0.05) is 6.92 Å². The lowest BCUT2D eigenvalue weighted by atomic mass is 10.1. The van der Waals surface area contributed by atoms with E-state index in [-0.39, 0.29) is 11.7 Å². The van der Waals surface area contributed by atoms with Crippen LogP contribution in [0, 0.1) is 0 Å². The number of hydrogen-bond donors (Lipinski definition) is 0. The zero-order valence-corrected chi connectivity index (χ0v) is 12.9. The Morgan fingerprint density at radius 2 is 1.80 bits per heavy atom. The second kappa shape index (κ2) is 5.44. The molecular weight excluding hydrogens is 276 g/mol. The Morgan fingerprint density at radius 1 is 1.25 bits per heavy atom. The van der Waals surface area contributed by atoms with Gasteiger partial charge in [-0.05, 0) is 24.3 Å². The lowest BCUT2D eigenvalue weighted by molar-refractivity contribution is 0.0659. The third kappa shape index (κ3) is 2.80. The molecule has 1 saturated heterocycles. The molecule has 0 spiro atoms. The Bertz CT molecular complexity index is 587. The van der Waals surface area contributed by atoms with E-state index in [0.29, 0.717) is 18.7 Å².